The van der Waals surface area contributed by atoms with Crippen molar-refractivity contribution in [3.05, 3.63) is 104 Å². The molecule has 0 saturated carbocycles. The van der Waals surface area contributed by atoms with E-state index in [0.29, 0.717) is 35.5 Å². The van der Waals surface area contributed by atoms with Crippen LogP contribution in [0.1, 0.15) is 30.3 Å². The minimum Gasteiger partial charge on any atom is -0.489 e. The number of halogens is 2. The lowest BCUT2D eigenvalue weighted by Crippen LogP contribution is -2.22. The van der Waals surface area contributed by atoms with E-state index in [-0.39, 0.29) is 11.4 Å². The summed E-state index contributed by atoms with van der Waals surface area (Å²) in [5.41, 5.74) is 2.17. The zero-order valence-corrected chi connectivity index (χ0v) is 19.0. The highest BCUT2D eigenvalue weighted by Gasteiger charge is 2.10. The van der Waals surface area contributed by atoms with E-state index in [4.69, 9.17) is 4.74 Å². The minimum atomic E-state index is -0.271. The van der Waals surface area contributed by atoms with Crippen LogP contribution in [0, 0.1) is 5.82 Å². The first-order chi connectivity index (χ1) is 15.5. The first-order valence-corrected chi connectivity index (χ1v) is 11.1. The van der Waals surface area contributed by atoms with Gasteiger partial charge in [-0.15, -0.1) is 0 Å². The molecule has 7 heteroatoms. The van der Waals surface area contributed by atoms with E-state index in [1.165, 1.54) is 16.8 Å². The van der Waals surface area contributed by atoms with E-state index < -0.39 is 0 Å². The third kappa shape index (κ3) is 5.11. The zero-order valence-electron chi connectivity index (χ0n) is 17.5. The Labute approximate surface area is 193 Å². The second-order valence-corrected chi connectivity index (χ2v) is 8.20. The Hall–Kier alpha value is -3.32. The number of aromatic nitrogens is 2. The molecule has 5 nitrogen and oxygen atoms in total. The average Bonchev–Trinajstić information content (AvgIpc) is 2.80. The van der Waals surface area contributed by atoms with Crippen LogP contribution in [0.2, 0.25) is 0 Å². The molecule has 0 atom stereocenters. The van der Waals surface area contributed by atoms with Gasteiger partial charge in [0.05, 0.1) is 17.1 Å². The summed E-state index contributed by atoms with van der Waals surface area (Å²) in [6, 6.07) is 19.1. The molecule has 1 aromatic heterocycles. The van der Waals surface area contributed by atoms with Crippen LogP contribution in [0.3, 0.4) is 0 Å². The maximum absolute atomic E-state index is 13.0. The summed E-state index contributed by atoms with van der Waals surface area (Å²) in [4.78, 5) is 17.7. The first-order valence-electron chi connectivity index (χ1n) is 10.3. The molecular weight excluding hydrogens is 473 g/mol. The number of hydrogen-bond acceptors (Lipinski definition) is 4. The zero-order chi connectivity index (χ0) is 22.5. The van der Waals surface area contributed by atoms with E-state index in [9.17, 15) is 9.18 Å². The summed E-state index contributed by atoms with van der Waals surface area (Å²) in [7, 11) is 0. The Balaban J connectivity index is 1.54. The van der Waals surface area contributed by atoms with Crippen LogP contribution in [-0.4, -0.2) is 15.9 Å². The molecule has 162 valence electrons. The number of aryl methyl sites for hydroxylation is 1. The van der Waals surface area contributed by atoms with Gasteiger partial charge in [-0.1, -0.05) is 35.0 Å². The summed E-state index contributed by atoms with van der Waals surface area (Å²) >= 11 is 3.41. The van der Waals surface area contributed by atoms with Crippen molar-refractivity contribution < 1.29 is 9.13 Å². The molecule has 0 spiro atoms. The monoisotopic (exact) mass is 493 g/mol. The average molecular weight is 494 g/mol. The normalized spacial score (nSPS) is 11.3. The van der Waals surface area contributed by atoms with Gasteiger partial charge in [0.15, 0.2) is 0 Å². The quantitative estimate of drug-likeness (QED) is 0.309. The molecule has 0 saturated heterocycles. The highest BCUT2D eigenvalue weighted by molar-refractivity contribution is 9.10. The van der Waals surface area contributed by atoms with Crippen molar-refractivity contribution in [3.63, 3.8) is 0 Å². The predicted molar refractivity (Wildman–Crippen MR) is 128 cm³/mol. The van der Waals surface area contributed by atoms with Gasteiger partial charge in [-0.25, -0.2) is 9.37 Å². The molecule has 0 bridgehead atoms. The highest BCUT2D eigenvalue weighted by Crippen LogP contribution is 2.17. The number of benzene rings is 3. The van der Waals surface area contributed by atoms with Gasteiger partial charge in [-0.05, 0) is 72.1 Å². The number of fused-ring (bicyclic) bond motifs is 1. The smallest absolute Gasteiger partial charge is 0.282 e. The standard InChI is InChI=1S/C25H21BrFN3O2/c1-2-3-24-29-23-13-8-19(26)14-22(23)25(31)30(24)28-15-17-6-11-21(12-7-17)32-16-18-4-9-20(27)10-5-18/h4-15H,2-3,16H2,1H3. The topological polar surface area (TPSA) is 56.5 Å². The van der Waals surface area contributed by atoms with Crippen molar-refractivity contribution in [1.29, 1.82) is 0 Å². The largest absolute Gasteiger partial charge is 0.489 e. The van der Waals surface area contributed by atoms with Gasteiger partial charge in [-0.3, -0.25) is 4.79 Å². The van der Waals surface area contributed by atoms with Crippen molar-refractivity contribution in [1.82, 2.24) is 9.66 Å². The van der Waals surface area contributed by atoms with Crippen LogP contribution >= 0.6 is 15.9 Å². The first kappa shape index (κ1) is 21.9. The summed E-state index contributed by atoms with van der Waals surface area (Å²) in [6.45, 7) is 2.39. The van der Waals surface area contributed by atoms with Gasteiger partial charge in [0.25, 0.3) is 5.56 Å². The molecular formula is C25H21BrFN3O2. The molecule has 1 heterocycles. The molecule has 0 fully saturated rings. The molecule has 0 amide bonds. The molecule has 0 aliphatic heterocycles. The molecule has 0 N–H and O–H groups in total. The Morgan fingerprint density at radius 3 is 2.56 bits per heavy atom. The van der Waals surface area contributed by atoms with Crippen LogP contribution in [-0.2, 0) is 13.0 Å². The molecule has 32 heavy (non-hydrogen) atoms. The number of hydrogen-bond donors (Lipinski definition) is 0. The van der Waals surface area contributed by atoms with Crippen molar-refractivity contribution in [2.75, 3.05) is 0 Å². The Kier molecular flexibility index (Phi) is 6.75. The van der Waals surface area contributed by atoms with Gasteiger partial charge < -0.3 is 4.74 Å². The second kappa shape index (κ2) is 9.87. The SMILES string of the molecule is CCCc1nc2ccc(Br)cc2c(=O)n1N=Cc1ccc(OCc2ccc(F)cc2)cc1. The van der Waals surface area contributed by atoms with E-state index in [1.54, 1.807) is 24.4 Å². The number of nitrogens with zero attached hydrogens (tertiary/aromatic N) is 3. The van der Waals surface area contributed by atoms with Crippen molar-refractivity contribution in [3.8, 4) is 5.75 Å². The Morgan fingerprint density at radius 1 is 1.09 bits per heavy atom. The second-order valence-electron chi connectivity index (χ2n) is 7.29. The maximum Gasteiger partial charge on any atom is 0.282 e. The van der Waals surface area contributed by atoms with E-state index >= 15 is 0 Å². The van der Waals surface area contributed by atoms with Gasteiger partial charge in [0, 0.05) is 10.9 Å². The summed E-state index contributed by atoms with van der Waals surface area (Å²) in [6.07, 6.45) is 3.13. The minimum absolute atomic E-state index is 0.199. The van der Waals surface area contributed by atoms with E-state index in [0.717, 1.165) is 22.0 Å². The summed E-state index contributed by atoms with van der Waals surface area (Å²) in [5.74, 6) is 1.04. The van der Waals surface area contributed by atoms with Gasteiger partial charge >= 0.3 is 0 Å². The van der Waals surface area contributed by atoms with Gasteiger partial charge in [0.1, 0.15) is 24.0 Å². The number of rotatable bonds is 7. The van der Waals surface area contributed by atoms with Crippen molar-refractivity contribution >= 4 is 33.0 Å². The Morgan fingerprint density at radius 2 is 1.84 bits per heavy atom. The third-order valence-electron chi connectivity index (χ3n) is 4.87. The van der Waals surface area contributed by atoms with Crippen LogP contribution in [0.25, 0.3) is 10.9 Å². The van der Waals surface area contributed by atoms with Crippen molar-refractivity contribution in [2.24, 2.45) is 5.10 Å². The highest BCUT2D eigenvalue weighted by atomic mass is 79.9. The lowest BCUT2D eigenvalue weighted by molar-refractivity contribution is 0.306. The number of ether oxygens (including phenoxy) is 1. The summed E-state index contributed by atoms with van der Waals surface area (Å²) in [5, 5.41) is 4.95. The molecule has 3 aromatic carbocycles. The molecule has 0 radical (unpaired) electrons. The third-order valence-corrected chi connectivity index (χ3v) is 5.36. The lowest BCUT2D eigenvalue weighted by atomic mass is 10.2. The van der Waals surface area contributed by atoms with E-state index in [2.05, 4.69) is 26.0 Å². The molecule has 0 unspecified atom stereocenters. The van der Waals surface area contributed by atoms with Crippen molar-refractivity contribution in [2.45, 2.75) is 26.4 Å². The van der Waals surface area contributed by atoms with Crippen LogP contribution in [0.4, 0.5) is 4.39 Å². The fourth-order valence-corrected chi connectivity index (χ4v) is 3.58. The van der Waals surface area contributed by atoms with Gasteiger partial charge in [0.2, 0.25) is 0 Å². The predicted octanol–water partition coefficient (Wildman–Crippen LogP) is 5.71. The Bertz CT molecular complexity index is 1320. The molecule has 0 aliphatic carbocycles. The molecule has 4 rings (SSSR count). The lowest BCUT2D eigenvalue weighted by Gasteiger charge is -2.09. The van der Waals surface area contributed by atoms with Crippen LogP contribution < -0.4 is 10.3 Å². The fraction of sp³-hybridized carbons (Fsp3) is 0.160. The van der Waals surface area contributed by atoms with Crippen LogP contribution in [0.5, 0.6) is 5.75 Å². The fourth-order valence-electron chi connectivity index (χ4n) is 3.22. The van der Waals surface area contributed by atoms with Gasteiger partial charge in [-0.2, -0.15) is 9.78 Å². The molecule has 4 aromatic rings. The van der Waals surface area contributed by atoms with Crippen LogP contribution in [0.15, 0.2) is 81.1 Å². The maximum atomic E-state index is 13.0. The van der Waals surface area contributed by atoms with E-state index in [1.807, 2.05) is 43.3 Å². The molecule has 0 aliphatic rings. The summed E-state index contributed by atoms with van der Waals surface area (Å²) < 4.78 is 20.9.